The molecule has 2 aromatic heterocycles. The zero-order valence-electron chi connectivity index (χ0n) is 25.7. The van der Waals surface area contributed by atoms with Crippen molar-refractivity contribution >= 4 is 37.6 Å². The van der Waals surface area contributed by atoms with Gasteiger partial charge in [0, 0.05) is 22.7 Å². The van der Waals surface area contributed by atoms with Gasteiger partial charge >= 0.3 is 0 Å². The van der Waals surface area contributed by atoms with Gasteiger partial charge in [0.05, 0.1) is 61.6 Å². The number of benzene rings is 3. The summed E-state index contributed by atoms with van der Waals surface area (Å²) in [5, 5.41) is 13.2. The largest absolute Gasteiger partial charge is 0.504 e. The molecule has 5 rings (SSSR count). The molecule has 0 aliphatic carbocycles. The van der Waals surface area contributed by atoms with E-state index < -0.39 is 21.7 Å². The van der Waals surface area contributed by atoms with Crippen molar-refractivity contribution in [1.82, 2.24) is 14.7 Å². The number of aryl methyl sites for hydroxylation is 1. The van der Waals surface area contributed by atoms with Crippen molar-refractivity contribution in [1.29, 1.82) is 0 Å². The number of H-pyrrole nitrogens is 1. The van der Waals surface area contributed by atoms with E-state index in [1.165, 1.54) is 14.2 Å². The molecule has 0 aliphatic heterocycles. The van der Waals surface area contributed by atoms with Crippen LogP contribution < -0.4 is 23.7 Å². The fourth-order valence-electron chi connectivity index (χ4n) is 5.47. The first-order valence-corrected chi connectivity index (χ1v) is 16.0. The van der Waals surface area contributed by atoms with E-state index in [0.29, 0.717) is 80.4 Å². The number of hydrogen-bond donors (Lipinski definition) is 3. The van der Waals surface area contributed by atoms with E-state index in [1.807, 2.05) is 26.8 Å². The second-order valence-corrected chi connectivity index (χ2v) is 12.0. The number of carbonyl (C=O) groups excluding carboxylic acids is 1. The molecule has 0 radical (unpaired) electrons. The summed E-state index contributed by atoms with van der Waals surface area (Å²) in [5.41, 5.74) is 3.61. The fourth-order valence-corrected chi connectivity index (χ4v) is 6.58. The summed E-state index contributed by atoms with van der Waals surface area (Å²) < 4.78 is 50.5. The van der Waals surface area contributed by atoms with Crippen molar-refractivity contribution in [3.05, 3.63) is 71.4 Å². The second kappa shape index (κ2) is 12.9. The normalized spacial score (nSPS) is 11.5. The number of carbonyl (C=O) groups is 1. The first-order valence-electron chi connectivity index (χ1n) is 14.4. The van der Waals surface area contributed by atoms with Crippen LogP contribution in [0.5, 0.6) is 28.9 Å². The Hall–Kier alpha value is -4.97. The highest BCUT2D eigenvalue weighted by Gasteiger charge is 2.26. The van der Waals surface area contributed by atoms with Crippen LogP contribution in [0.1, 0.15) is 30.5 Å². The number of nitrogens with one attached hydrogen (secondary N) is 2. The van der Waals surface area contributed by atoms with Crippen LogP contribution in [0.3, 0.4) is 0 Å². The van der Waals surface area contributed by atoms with Crippen molar-refractivity contribution in [2.45, 2.75) is 32.9 Å². The van der Waals surface area contributed by atoms with E-state index >= 15 is 0 Å². The SMILES string of the molecule is CCOc1c(O)c2c(-c3ccc(CS(=O)(=O)NC(=O)Cc4cc(OC)ccc4OC)cc3C)[nH]c(OCC)c2c2ncccc12. The van der Waals surface area contributed by atoms with Crippen LogP contribution in [0.4, 0.5) is 0 Å². The molecular formula is C33H35N3O8S. The quantitative estimate of drug-likeness (QED) is 0.164. The predicted octanol–water partition coefficient (Wildman–Crippen LogP) is 5.40. The molecular weight excluding hydrogens is 598 g/mol. The average Bonchev–Trinajstić information content (AvgIpc) is 3.38. The van der Waals surface area contributed by atoms with Gasteiger partial charge in [0.1, 0.15) is 11.5 Å². The number of amides is 1. The molecule has 0 atom stereocenters. The highest BCUT2D eigenvalue weighted by Crippen LogP contribution is 2.49. The minimum Gasteiger partial charge on any atom is -0.504 e. The number of rotatable bonds is 12. The maximum Gasteiger partial charge on any atom is 0.239 e. The Morgan fingerprint density at radius 1 is 1.00 bits per heavy atom. The molecule has 0 fully saturated rings. The number of aromatic hydroxyl groups is 1. The lowest BCUT2D eigenvalue weighted by atomic mass is 9.98. The summed E-state index contributed by atoms with van der Waals surface area (Å²) in [6.45, 7) is 6.26. The van der Waals surface area contributed by atoms with Gasteiger partial charge in [-0.2, -0.15) is 0 Å². The zero-order valence-corrected chi connectivity index (χ0v) is 26.5. The van der Waals surface area contributed by atoms with Crippen LogP contribution in [0.15, 0.2) is 54.7 Å². The minimum atomic E-state index is -4.03. The third kappa shape index (κ3) is 6.32. The van der Waals surface area contributed by atoms with Gasteiger partial charge in [0.2, 0.25) is 21.8 Å². The molecule has 0 aliphatic rings. The maximum absolute atomic E-state index is 13.0. The number of aromatic nitrogens is 2. The summed E-state index contributed by atoms with van der Waals surface area (Å²) in [4.78, 5) is 20.6. The number of hydrogen-bond acceptors (Lipinski definition) is 9. The molecule has 3 aromatic carbocycles. The van der Waals surface area contributed by atoms with Crippen molar-refractivity contribution in [3.8, 4) is 40.1 Å². The molecule has 45 heavy (non-hydrogen) atoms. The Kier molecular flexibility index (Phi) is 9.05. The summed E-state index contributed by atoms with van der Waals surface area (Å²) in [5.74, 6) is 0.571. The Morgan fingerprint density at radius 2 is 1.78 bits per heavy atom. The average molecular weight is 634 g/mol. The van der Waals surface area contributed by atoms with Gasteiger partial charge in [0.15, 0.2) is 11.5 Å². The number of phenols is 1. The zero-order chi connectivity index (χ0) is 32.3. The third-order valence-corrected chi connectivity index (χ3v) is 8.56. The number of aromatic amines is 1. The second-order valence-electron chi connectivity index (χ2n) is 10.3. The fraction of sp³-hybridized carbons (Fsp3) is 0.273. The van der Waals surface area contributed by atoms with Crippen molar-refractivity contribution in [2.75, 3.05) is 27.4 Å². The first kappa shape index (κ1) is 31.5. The van der Waals surface area contributed by atoms with Crippen LogP contribution in [0.25, 0.3) is 32.9 Å². The number of methoxy groups -OCH3 is 2. The number of phenolic OH excluding ortho intramolecular Hbond substituents is 1. The molecule has 0 saturated carbocycles. The molecule has 11 nitrogen and oxygen atoms in total. The van der Waals surface area contributed by atoms with Crippen LogP contribution in [-0.4, -0.2) is 56.8 Å². The number of ether oxygens (including phenoxy) is 4. The van der Waals surface area contributed by atoms with E-state index in [2.05, 4.69) is 14.7 Å². The minimum absolute atomic E-state index is 0.0500. The number of pyridine rings is 1. The first-order chi connectivity index (χ1) is 21.6. The Labute approximate surface area is 261 Å². The third-order valence-electron chi connectivity index (χ3n) is 7.31. The lowest BCUT2D eigenvalue weighted by Crippen LogP contribution is -2.32. The lowest BCUT2D eigenvalue weighted by Gasteiger charge is -2.13. The van der Waals surface area contributed by atoms with Crippen LogP contribution in [0, 0.1) is 6.92 Å². The number of nitrogens with zero attached hydrogens (tertiary/aromatic N) is 1. The molecule has 3 N–H and O–H groups in total. The molecule has 0 bridgehead atoms. The van der Waals surface area contributed by atoms with Crippen LogP contribution in [0.2, 0.25) is 0 Å². The van der Waals surface area contributed by atoms with Gasteiger partial charge in [-0.1, -0.05) is 18.2 Å². The van der Waals surface area contributed by atoms with Gasteiger partial charge in [-0.3, -0.25) is 14.5 Å². The van der Waals surface area contributed by atoms with E-state index in [4.69, 9.17) is 18.9 Å². The molecule has 2 heterocycles. The summed E-state index contributed by atoms with van der Waals surface area (Å²) in [6.07, 6.45) is 1.46. The molecule has 12 heteroatoms. The summed E-state index contributed by atoms with van der Waals surface area (Å²) >= 11 is 0. The highest BCUT2D eigenvalue weighted by molar-refractivity contribution is 7.89. The summed E-state index contributed by atoms with van der Waals surface area (Å²) in [6, 6.07) is 13.8. The van der Waals surface area contributed by atoms with E-state index in [9.17, 15) is 18.3 Å². The molecule has 0 spiro atoms. The van der Waals surface area contributed by atoms with E-state index in [1.54, 1.807) is 48.7 Å². The van der Waals surface area contributed by atoms with Crippen molar-refractivity contribution in [3.63, 3.8) is 0 Å². The number of fused-ring (bicyclic) bond motifs is 3. The molecule has 5 aromatic rings. The molecule has 0 saturated heterocycles. The van der Waals surface area contributed by atoms with Crippen LogP contribution >= 0.6 is 0 Å². The number of sulfonamides is 1. The monoisotopic (exact) mass is 633 g/mol. The maximum atomic E-state index is 13.0. The van der Waals surface area contributed by atoms with E-state index in [-0.39, 0.29) is 12.2 Å². The topological polar surface area (TPSA) is 149 Å². The van der Waals surface area contributed by atoms with Crippen LogP contribution in [-0.2, 0) is 27.0 Å². The van der Waals surface area contributed by atoms with Gasteiger partial charge in [-0.25, -0.2) is 8.42 Å². The predicted molar refractivity (Wildman–Crippen MR) is 172 cm³/mol. The molecule has 1 amide bonds. The van der Waals surface area contributed by atoms with Gasteiger partial charge in [-0.15, -0.1) is 0 Å². The van der Waals surface area contributed by atoms with Crippen molar-refractivity contribution in [2.24, 2.45) is 0 Å². The smallest absolute Gasteiger partial charge is 0.239 e. The Bertz CT molecular complexity index is 2000. The van der Waals surface area contributed by atoms with Gasteiger partial charge in [0.25, 0.3) is 0 Å². The van der Waals surface area contributed by atoms with E-state index in [0.717, 1.165) is 5.56 Å². The molecule has 236 valence electrons. The summed E-state index contributed by atoms with van der Waals surface area (Å²) in [7, 11) is -1.06. The van der Waals surface area contributed by atoms with Crippen molar-refractivity contribution < 1.29 is 37.3 Å². The highest BCUT2D eigenvalue weighted by atomic mass is 32.2. The molecule has 0 unspecified atom stereocenters. The van der Waals surface area contributed by atoms with Gasteiger partial charge < -0.3 is 29.0 Å². The standard InChI is InChI=1S/C33H35N3O8S/c1-6-43-32-24-9-8-14-34-29(24)28-27(31(32)38)30(35-33(28)44-7-2)23-12-10-20(15-19(23)3)18-45(39,40)36-26(37)17-21-16-22(41-4)11-13-25(21)42-5/h8-16,35,38H,6-7,17-18H2,1-5H3,(H,36,37). The Morgan fingerprint density at radius 3 is 2.47 bits per heavy atom. The van der Waals surface area contributed by atoms with Gasteiger partial charge in [-0.05, 0) is 62.2 Å². The Balaban J connectivity index is 1.46. The lowest BCUT2D eigenvalue weighted by molar-refractivity contribution is -0.118.